The molecule has 1 aliphatic heterocycles. The third-order valence-corrected chi connectivity index (χ3v) is 4.87. The number of benzene rings is 2. The average Bonchev–Trinajstić information content (AvgIpc) is 2.68. The number of aryl methyl sites for hydroxylation is 1. The van der Waals surface area contributed by atoms with Crippen LogP contribution in [0.3, 0.4) is 0 Å². The Morgan fingerprint density at radius 2 is 1.65 bits per heavy atom. The molecule has 0 saturated heterocycles. The largest absolute Gasteiger partial charge is 0.496 e. The quantitative estimate of drug-likeness (QED) is 0.804. The fourth-order valence-electron chi connectivity index (χ4n) is 3.61. The van der Waals surface area contributed by atoms with Crippen molar-refractivity contribution in [3.63, 3.8) is 0 Å². The summed E-state index contributed by atoms with van der Waals surface area (Å²) in [5.41, 5.74) is 5.05. The second kappa shape index (κ2) is 8.45. The Labute approximate surface area is 156 Å². The zero-order valence-corrected chi connectivity index (χ0v) is 16.2. The average molecular weight is 355 g/mol. The predicted molar refractivity (Wildman–Crippen MR) is 105 cm³/mol. The molecule has 2 aromatic rings. The van der Waals surface area contributed by atoms with Crippen LogP contribution in [0.2, 0.25) is 0 Å². The van der Waals surface area contributed by atoms with Crippen molar-refractivity contribution in [2.45, 2.75) is 39.7 Å². The Morgan fingerprint density at radius 1 is 0.923 bits per heavy atom. The third kappa shape index (κ3) is 3.65. The van der Waals surface area contributed by atoms with Crippen molar-refractivity contribution in [3.8, 4) is 17.2 Å². The molecule has 26 heavy (non-hydrogen) atoms. The van der Waals surface area contributed by atoms with Gasteiger partial charge in [0.1, 0.15) is 5.75 Å². The van der Waals surface area contributed by atoms with Crippen LogP contribution in [-0.4, -0.2) is 26.9 Å². The Bertz CT molecular complexity index is 757. The summed E-state index contributed by atoms with van der Waals surface area (Å²) in [6, 6.07) is 10.8. The van der Waals surface area contributed by atoms with E-state index in [-0.39, 0.29) is 6.04 Å². The van der Waals surface area contributed by atoms with E-state index in [4.69, 9.17) is 14.2 Å². The molecule has 0 spiro atoms. The minimum Gasteiger partial charge on any atom is -0.496 e. The molecule has 1 unspecified atom stereocenters. The summed E-state index contributed by atoms with van der Waals surface area (Å²) >= 11 is 0. The van der Waals surface area contributed by atoms with Crippen molar-refractivity contribution in [1.82, 2.24) is 5.32 Å². The Morgan fingerprint density at radius 3 is 2.31 bits per heavy atom. The second-order valence-corrected chi connectivity index (χ2v) is 6.43. The van der Waals surface area contributed by atoms with Crippen LogP contribution in [0, 0.1) is 0 Å². The summed E-state index contributed by atoms with van der Waals surface area (Å²) in [7, 11) is 1.73. The van der Waals surface area contributed by atoms with E-state index in [1.807, 2.05) is 13.8 Å². The van der Waals surface area contributed by atoms with E-state index in [0.717, 1.165) is 36.6 Å². The highest BCUT2D eigenvalue weighted by Crippen LogP contribution is 2.40. The number of fused-ring (bicyclic) bond motifs is 1. The van der Waals surface area contributed by atoms with Gasteiger partial charge >= 0.3 is 0 Å². The number of ether oxygens (including phenoxy) is 3. The lowest BCUT2D eigenvalue weighted by Crippen LogP contribution is -2.31. The molecule has 0 amide bonds. The minimum atomic E-state index is 0.0927. The maximum Gasteiger partial charge on any atom is 0.161 e. The van der Waals surface area contributed by atoms with Gasteiger partial charge in [-0.3, -0.25) is 0 Å². The van der Waals surface area contributed by atoms with Gasteiger partial charge in [-0.15, -0.1) is 0 Å². The van der Waals surface area contributed by atoms with Crippen molar-refractivity contribution in [1.29, 1.82) is 0 Å². The van der Waals surface area contributed by atoms with Gasteiger partial charge in [-0.1, -0.05) is 19.1 Å². The van der Waals surface area contributed by atoms with E-state index < -0.39 is 0 Å². The molecule has 140 valence electrons. The van der Waals surface area contributed by atoms with Gasteiger partial charge in [0.2, 0.25) is 0 Å². The van der Waals surface area contributed by atoms with E-state index in [9.17, 15) is 0 Å². The second-order valence-electron chi connectivity index (χ2n) is 6.43. The number of rotatable bonds is 7. The van der Waals surface area contributed by atoms with Crippen molar-refractivity contribution in [2.24, 2.45) is 0 Å². The zero-order chi connectivity index (χ0) is 18.5. The van der Waals surface area contributed by atoms with E-state index in [2.05, 4.69) is 42.6 Å². The third-order valence-electron chi connectivity index (χ3n) is 4.87. The number of hydrogen-bond acceptors (Lipinski definition) is 4. The topological polar surface area (TPSA) is 39.7 Å². The SMILES string of the molecule is CCOc1cc2c(cc1OCC)C(c1cc(CC)ccc1OC)NCC2. The van der Waals surface area contributed by atoms with Gasteiger partial charge in [0.25, 0.3) is 0 Å². The molecule has 2 aromatic carbocycles. The molecule has 1 heterocycles. The summed E-state index contributed by atoms with van der Waals surface area (Å²) in [6.07, 6.45) is 1.98. The van der Waals surface area contributed by atoms with E-state index in [1.54, 1.807) is 7.11 Å². The van der Waals surface area contributed by atoms with Crippen LogP contribution < -0.4 is 19.5 Å². The molecule has 1 aliphatic rings. The number of nitrogens with one attached hydrogen (secondary N) is 1. The molecule has 0 aromatic heterocycles. The maximum absolute atomic E-state index is 5.86. The standard InChI is InChI=1S/C22H29NO3/c1-5-15-8-9-19(24-4)18(12-15)22-17-14-21(26-7-3)20(25-6-2)13-16(17)10-11-23-22/h8-9,12-14,22-23H,5-7,10-11H2,1-4H3. The molecule has 1 N–H and O–H groups in total. The van der Waals surface area contributed by atoms with Crippen LogP contribution >= 0.6 is 0 Å². The van der Waals surface area contributed by atoms with Crippen LogP contribution in [0.25, 0.3) is 0 Å². The first-order chi connectivity index (χ1) is 12.7. The molecule has 4 nitrogen and oxygen atoms in total. The molecule has 0 fully saturated rings. The Hall–Kier alpha value is -2.20. The lowest BCUT2D eigenvalue weighted by Gasteiger charge is -2.30. The van der Waals surface area contributed by atoms with Crippen LogP contribution in [0.1, 0.15) is 49.1 Å². The highest BCUT2D eigenvalue weighted by atomic mass is 16.5. The normalized spacial score (nSPS) is 16.1. The highest BCUT2D eigenvalue weighted by molar-refractivity contribution is 5.54. The first-order valence-corrected chi connectivity index (χ1v) is 9.54. The van der Waals surface area contributed by atoms with Crippen molar-refractivity contribution < 1.29 is 14.2 Å². The minimum absolute atomic E-state index is 0.0927. The zero-order valence-electron chi connectivity index (χ0n) is 16.2. The maximum atomic E-state index is 5.86. The van der Waals surface area contributed by atoms with Gasteiger partial charge in [-0.25, -0.2) is 0 Å². The van der Waals surface area contributed by atoms with Gasteiger partial charge in [0.15, 0.2) is 11.5 Å². The van der Waals surface area contributed by atoms with E-state index >= 15 is 0 Å². The number of hydrogen-bond donors (Lipinski definition) is 1. The predicted octanol–water partition coefficient (Wildman–Crippen LogP) is 4.29. The summed E-state index contributed by atoms with van der Waals surface area (Å²) in [6.45, 7) is 8.35. The molecule has 0 saturated carbocycles. The van der Waals surface area contributed by atoms with Crippen LogP contribution in [0.4, 0.5) is 0 Å². The Kier molecular flexibility index (Phi) is 6.04. The Balaban J connectivity index is 2.10. The smallest absolute Gasteiger partial charge is 0.161 e. The highest BCUT2D eigenvalue weighted by Gasteiger charge is 2.26. The molecular formula is C22H29NO3. The summed E-state index contributed by atoms with van der Waals surface area (Å²) in [5.74, 6) is 2.56. The van der Waals surface area contributed by atoms with Crippen LogP contribution in [-0.2, 0) is 12.8 Å². The summed E-state index contributed by atoms with van der Waals surface area (Å²) < 4.78 is 17.3. The molecular weight excluding hydrogens is 326 g/mol. The van der Waals surface area contributed by atoms with Crippen molar-refractivity contribution in [2.75, 3.05) is 26.9 Å². The van der Waals surface area contributed by atoms with Crippen LogP contribution in [0.15, 0.2) is 30.3 Å². The van der Waals surface area contributed by atoms with Crippen molar-refractivity contribution >= 4 is 0 Å². The fraction of sp³-hybridized carbons (Fsp3) is 0.455. The summed E-state index contributed by atoms with van der Waals surface area (Å²) in [5, 5.41) is 3.66. The van der Waals surface area contributed by atoms with Gasteiger partial charge in [0.05, 0.1) is 26.4 Å². The van der Waals surface area contributed by atoms with Gasteiger partial charge in [0, 0.05) is 12.1 Å². The molecule has 3 rings (SSSR count). The molecule has 0 bridgehead atoms. The van der Waals surface area contributed by atoms with Gasteiger partial charge in [-0.2, -0.15) is 0 Å². The van der Waals surface area contributed by atoms with E-state index in [0.29, 0.717) is 13.2 Å². The number of methoxy groups -OCH3 is 1. The molecule has 0 radical (unpaired) electrons. The molecule has 4 heteroatoms. The summed E-state index contributed by atoms with van der Waals surface area (Å²) in [4.78, 5) is 0. The first kappa shape index (κ1) is 18.6. The van der Waals surface area contributed by atoms with Gasteiger partial charge < -0.3 is 19.5 Å². The molecule has 0 aliphatic carbocycles. The van der Waals surface area contributed by atoms with Crippen molar-refractivity contribution in [3.05, 3.63) is 52.6 Å². The fourth-order valence-corrected chi connectivity index (χ4v) is 3.61. The lowest BCUT2D eigenvalue weighted by molar-refractivity contribution is 0.286. The first-order valence-electron chi connectivity index (χ1n) is 9.54. The monoisotopic (exact) mass is 355 g/mol. The van der Waals surface area contributed by atoms with E-state index in [1.165, 1.54) is 22.3 Å². The van der Waals surface area contributed by atoms with Crippen LogP contribution in [0.5, 0.6) is 17.2 Å². The molecule has 1 atom stereocenters. The van der Waals surface area contributed by atoms with Gasteiger partial charge in [-0.05, 0) is 61.6 Å². The lowest BCUT2D eigenvalue weighted by atomic mass is 9.88.